The number of ether oxygens (including phenoxy) is 1. The Morgan fingerprint density at radius 3 is 2.66 bits per heavy atom. The molecule has 8 nitrogen and oxygen atoms in total. The SMILES string of the molecule is Cc1cccc(S(=O)(=O)N2CCC3(CC2)OC(C(=O)N(C)C)Cn2ccnc23)c1. The topological polar surface area (TPSA) is 84.7 Å². The molecular weight excluding hydrogens is 392 g/mol. The predicted molar refractivity (Wildman–Crippen MR) is 107 cm³/mol. The van der Waals surface area contributed by atoms with E-state index >= 15 is 0 Å². The van der Waals surface area contributed by atoms with Crippen molar-refractivity contribution in [3.63, 3.8) is 0 Å². The molecule has 1 aromatic heterocycles. The molecule has 2 aliphatic heterocycles. The van der Waals surface area contributed by atoms with E-state index in [2.05, 4.69) is 4.98 Å². The van der Waals surface area contributed by atoms with Gasteiger partial charge < -0.3 is 14.2 Å². The summed E-state index contributed by atoms with van der Waals surface area (Å²) >= 11 is 0. The number of imidazole rings is 1. The van der Waals surface area contributed by atoms with Gasteiger partial charge in [-0.1, -0.05) is 12.1 Å². The zero-order chi connectivity index (χ0) is 20.8. The van der Waals surface area contributed by atoms with E-state index in [-0.39, 0.29) is 5.91 Å². The van der Waals surface area contributed by atoms with Crippen LogP contribution in [0.1, 0.15) is 24.2 Å². The van der Waals surface area contributed by atoms with Gasteiger partial charge in [0.25, 0.3) is 5.91 Å². The Morgan fingerprint density at radius 1 is 1.28 bits per heavy atom. The fourth-order valence-corrected chi connectivity index (χ4v) is 5.71. The van der Waals surface area contributed by atoms with Crippen LogP contribution in [0.5, 0.6) is 0 Å². The van der Waals surface area contributed by atoms with Gasteiger partial charge in [-0.25, -0.2) is 13.4 Å². The van der Waals surface area contributed by atoms with Crippen LogP contribution in [0.2, 0.25) is 0 Å². The molecule has 156 valence electrons. The van der Waals surface area contributed by atoms with Crippen LogP contribution >= 0.6 is 0 Å². The van der Waals surface area contributed by atoms with Gasteiger partial charge in [0.2, 0.25) is 10.0 Å². The first kappa shape index (κ1) is 20.1. The van der Waals surface area contributed by atoms with E-state index in [0.717, 1.165) is 11.4 Å². The van der Waals surface area contributed by atoms with Gasteiger partial charge in [-0.3, -0.25) is 4.79 Å². The zero-order valence-electron chi connectivity index (χ0n) is 16.9. The Morgan fingerprint density at radius 2 is 2.00 bits per heavy atom. The molecule has 0 N–H and O–H groups in total. The molecule has 1 amide bonds. The van der Waals surface area contributed by atoms with Crippen LogP contribution in [0.15, 0.2) is 41.6 Å². The van der Waals surface area contributed by atoms with Crippen LogP contribution in [0.3, 0.4) is 0 Å². The van der Waals surface area contributed by atoms with E-state index in [1.165, 1.54) is 9.21 Å². The zero-order valence-corrected chi connectivity index (χ0v) is 17.7. The normalized spacial score (nSPS) is 21.7. The van der Waals surface area contributed by atoms with Crippen LogP contribution in [0.25, 0.3) is 0 Å². The fraction of sp³-hybridized carbons (Fsp3) is 0.500. The van der Waals surface area contributed by atoms with Crippen molar-refractivity contribution in [3.8, 4) is 0 Å². The average molecular weight is 419 g/mol. The molecule has 1 unspecified atom stereocenters. The summed E-state index contributed by atoms with van der Waals surface area (Å²) in [6, 6.07) is 6.95. The minimum atomic E-state index is -3.57. The molecule has 29 heavy (non-hydrogen) atoms. The van der Waals surface area contributed by atoms with Crippen molar-refractivity contribution in [1.82, 2.24) is 18.8 Å². The van der Waals surface area contributed by atoms with Gasteiger partial charge in [-0.15, -0.1) is 0 Å². The third kappa shape index (κ3) is 3.47. The van der Waals surface area contributed by atoms with Gasteiger partial charge >= 0.3 is 0 Å². The monoisotopic (exact) mass is 418 g/mol. The Labute approximate surface area is 171 Å². The number of piperidine rings is 1. The number of carbonyl (C=O) groups is 1. The molecule has 0 saturated carbocycles. The second-order valence-electron chi connectivity index (χ2n) is 7.96. The quantitative estimate of drug-likeness (QED) is 0.751. The molecule has 9 heteroatoms. The molecule has 0 bridgehead atoms. The van der Waals surface area contributed by atoms with Crippen molar-refractivity contribution in [2.75, 3.05) is 27.2 Å². The number of benzene rings is 1. The van der Waals surface area contributed by atoms with Crippen LogP contribution < -0.4 is 0 Å². The second kappa shape index (κ2) is 7.23. The average Bonchev–Trinajstić information content (AvgIpc) is 3.17. The first-order valence-corrected chi connectivity index (χ1v) is 11.1. The lowest BCUT2D eigenvalue weighted by molar-refractivity contribution is -0.177. The number of nitrogens with zero attached hydrogens (tertiary/aromatic N) is 4. The van der Waals surface area contributed by atoms with Gasteiger partial charge in [0, 0.05) is 39.6 Å². The summed E-state index contributed by atoms with van der Waals surface area (Å²) in [7, 11) is -0.157. The maximum absolute atomic E-state index is 13.1. The van der Waals surface area contributed by atoms with Crippen molar-refractivity contribution >= 4 is 15.9 Å². The summed E-state index contributed by atoms with van der Waals surface area (Å²) in [4.78, 5) is 18.9. The summed E-state index contributed by atoms with van der Waals surface area (Å²) in [5.74, 6) is 0.673. The number of carbonyl (C=O) groups excluding carboxylic acids is 1. The standard InChI is InChI=1S/C20H26N4O4S/c1-15-5-4-6-16(13-15)29(26,27)24-10-7-20(8-11-24)19-21-9-12-23(19)14-17(28-20)18(25)22(2)3/h4-6,9,12-13,17H,7-8,10-11,14H2,1-3H3. The highest BCUT2D eigenvalue weighted by molar-refractivity contribution is 7.89. The van der Waals surface area contributed by atoms with Gasteiger partial charge in [0.1, 0.15) is 11.4 Å². The lowest BCUT2D eigenvalue weighted by Gasteiger charge is -2.45. The Kier molecular flexibility index (Phi) is 5.00. The van der Waals surface area contributed by atoms with Crippen molar-refractivity contribution in [3.05, 3.63) is 48.0 Å². The Balaban J connectivity index is 1.58. The summed E-state index contributed by atoms with van der Waals surface area (Å²) in [5, 5.41) is 0. The van der Waals surface area contributed by atoms with Crippen LogP contribution in [0.4, 0.5) is 0 Å². The van der Waals surface area contributed by atoms with E-state index in [1.807, 2.05) is 23.8 Å². The molecule has 2 aromatic rings. The number of sulfonamides is 1. The molecule has 0 aliphatic carbocycles. The van der Waals surface area contributed by atoms with E-state index in [0.29, 0.717) is 37.4 Å². The van der Waals surface area contributed by atoms with Gasteiger partial charge in [0.15, 0.2) is 6.10 Å². The highest BCUT2D eigenvalue weighted by atomic mass is 32.2. The summed E-state index contributed by atoms with van der Waals surface area (Å²) in [6.07, 6.45) is 3.86. The predicted octanol–water partition coefficient (Wildman–Crippen LogP) is 1.36. The Hall–Kier alpha value is -2.23. The lowest BCUT2D eigenvalue weighted by atomic mass is 9.89. The second-order valence-corrected chi connectivity index (χ2v) is 9.90. The number of likely N-dealkylation sites (N-methyl/N-ethyl adjacent to an activating group) is 1. The first-order valence-electron chi connectivity index (χ1n) is 9.70. The molecule has 1 aromatic carbocycles. The number of aryl methyl sites for hydroxylation is 1. The molecule has 4 rings (SSSR count). The molecule has 3 heterocycles. The molecule has 0 radical (unpaired) electrons. The molecule has 1 atom stereocenters. The third-order valence-corrected chi connectivity index (χ3v) is 7.62. The van der Waals surface area contributed by atoms with E-state index in [9.17, 15) is 13.2 Å². The molecule has 1 spiro atoms. The summed E-state index contributed by atoms with van der Waals surface area (Å²) in [6.45, 7) is 2.92. The van der Waals surface area contributed by atoms with Crippen molar-refractivity contribution < 1.29 is 17.9 Å². The van der Waals surface area contributed by atoms with Gasteiger partial charge in [-0.05, 0) is 37.5 Å². The van der Waals surface area contributed by atoms with E-state index in [4.69, 9.17) is 4.74 Å². The number of amides is 1. The largest absolute Gasteiger partial charge is 0.352 e. The lowest BCUT2D eigenvalue weighted by Crippen LogP contribution is -2.54. The van der Waals surface area contributed by atoms with Gasteiger partial charge in [0.05, 0.1) is 11.4 Å². The van der Waals surface area contributed by atoms with Gasteiger partial charge in [-0.2, -0.15) is 4.31 Å². The van der Waals surface area contributed by atoms with Crippen molar-refractivity contribution in [1.29, 1.82) is 0 Å². The molecule has 1 fully saturated rings. The maximum atomic E-state index is 13.1. The highest BCUT2D eigenvalue weighted by Gasteiger charge is 2.48. The summed E-state index contributed by atoms with van der Waals surface area (Å²) < 4.78 is 35.9. The van der Waals surface area contributed by atoms with Crippen LogP contribution in [0, 0.1) is 6.92 Å². The van der Waals surface area contributed by atoms with E-state index < -0.39 is 21.7 Å². The number of hydrogen-bond donors (Lipinski definition) is 0. The molecule has 2 aliphatic rings. The molecular formula is C20H26N4O4S. The summed E-state index contributed by atoms with van der Waals surface area (Å²) in [5.41, 5.74) is 0.152. The number of fused-ring (bicyclic) bond motifs is 2. The van der Waals surface area contributed by atoms with Crippen molar-refractivity contribution in [2.24, 2.45) is 0 Å². The number of rotatable bonds is 3. The van der Waals surface area contributed by atoms with Crippen LogP contribution in [-0.2, 0) is 31.7 Å². The number of hydrogen-bond acceptors (Lipinski definition) is 5. The minimum Gasteiger partial charge on any atom is -0.352 e. The number of aromatic nitrogens is 2. The maximum Gasteiger partial charge on any atom is 0.253 e. The van der Waals surface area contributed by atoms with Crippen LogP contribution in [-0.4, -0.2) is 66.4 Å². The first-order chi connectivity index (χ1) is 13.7. The fourth-order valence-electron chi connectivity index (χ4n) is 4.17. The molecule has 1 saturated heterocycles. The third-order valence-electron chi connectivity index (χ3n) is 5.73. The highest BCUT2D eigenvalue weighted by Crippen LogP contribution is 2.41. The smallest absolute Gasteiger partial charge is 0.253 e. The van der Waals surface area contributed by atoms with Crippen molar-refractivity contribution in [2.45, 2.75) is 42.9 Å². The minimum absolute atomic E-state index is 0.0986. The van der Waals surface area contributed by atoms with E-state index in [1.54, 1.807) is 38.5 Å². The Bertz CT molecular complexity index is 1020.